The maximum Gasteiger partial charge on any atom is 0.121 e. The van der Waals surface area contributed by atoms with Gasteiger partial charge in [-0.15, -0.1) is 0 Å². The van der Waals surface area contributed by atoms with E-state index < -0.39 is 6.10 Å². The SMILES string of the molecule is CCOc1ccc(C(O)c2cnc(CC)n2C)cc1. The van der Waals surface area contributed by atoms with Gasteiger partial charge in [-0.3, -0.25) is 0 Å². The minimum Gasteiger partial charge on any atom is -0.494 e. The summed E-state index contributed by atoms with van der Waals surface area (Å²) in [6.07, 6.45) is 1.93. The van der Waals surface area contributed by atoms with Crippen molar-refractivity contribution in [2.45, 2.75) is 26.4 Å². The molecule has 2 aromatic rings. The molecule has 0 saturated heterocycles. The summed E-state index contributed by atoms with van der Waals surface area (Å²) in [5.74, 6) is 1.79. The van der Waals surface area contributed by atoms with E-state index >= 15 is 0 Å². The molecule has 0 spiro atoms. The number of aliphatic hydroxyl groups excluding tert-OH is 1. The highest BCUT2D eigenvalue weighted by molar-refractivity contribution is 5.32. The molecule has 0 bridgehead atoms. The molecule has 4 heteroatoms. The first kappa shape index (κ1) is 13.6. The molecule has 1 heterocycles. The number of aryl methyl sites for hydroxylation is 1. The van der Waals surface area contributed by atoms with Gasteiger partial charge < -0.3 is 14.4 Å². The van der Waals surface area contributed by atoms with Gasteiger partial charge in [-0.1, -0.05) is 19.1 Å². The third-order valence-electron chi connectivity index (χ3n) is 3.22. The molecule has 0 aliphatic rings. The van der Waals surface area contributed by atoms with Crippen LogP contribution in [0, 0.1) is 0 Å². The lowest BCUT2D eigenvalue weighted by Gasteiger charge is -2.13. The van der Waals surface area contributed by atoms with Crippen LogP contribution >= 0.6 is 0 Å². The van der Waals surface area contributed by atoms with Gasteiger partial charge in [-0.25, -0.2) is 4.98 Å². The van der Waals surface area contributed by atoms with E-state index in [1.165, 1.54) is 0 Å². The van der Waals surface area contributed by atoms with Crippen molar-refractivity contribution in [2.75, 3.05) is 6.61 Å². The molecule has 0 aliphatic heterocycles. The molecule has 0 fully saturated rings. The van der Waals surface area contributed by atoms with Crippen molar-refractivity contribution < 1.29 is 9.84 Å². The summed E-state index contributed by atoms with van der Waals surface area (Å²) >= 11 is 0. The predicted molar refractivity (Wildman–Crippen MR) is 74.3 cm³/mol. The fourth-order valence-electron chi connectivity index (χ4n) is 2.13. The summed E-state index contributed by atoms with van der Waals surface area (Å²) in [5.41, 5.74) is 1.65. The first-order valence-electron chi connectivity index (χ1n) is 6.58. The van der Waals surface area contributed by atoms with E-state index in [-0.39, 0.29) is 0 Å². The monoisotopic (exact) mass is 260 g/mol. The van der Waals surface area contributed by atoms with Crippen LogP contribution in [0.5, 0.6) is 5.75 Å². The molecular weight excluding hydrogens is 240 g/mol. The third-order valence-corrected chi connectivity index (χ3v) is 3.22. The quantitative estimate of drug-likeness (QED) is 0.898. The van der Waals surface area contributed by atoms with Gasteiger partial charge in [0.2, 0.25) is 0 Å². The maximum absolute atomic E-state index is 10.4. The number of aliphatic hydroxyl groups is 1. The molecule has 1 N–H and O–H groups in total. The normalized spacial score (nSPS) is 12.4. The van der Waals surface area contributed by atoms with Crippen molar-refractivity contribution in [1.29, 1.82) is 0 Å². The zero-order chi connectivity index (χ0) is 13.8. The summed E-state index contributed by atoms with van der Waals surface area (Å²) in [5, 5.41) is 10.4. The van der Waals surface area contributed by atoms with E-state index in [9.17, 15) is 5.11 Å². The molecule has 102 valence electrons. The van der Waals surface area contributed by atoms with Crippen molar-refractivity contribution in [3.8, 4) is 5.75 Å². The first-order chi connectivity index (χ1) is 9.17. The van der Waals surface area contributed by atoms with Crippen molar-refractivity contribution in [3.63, 3.8) is 0 Å². The number of ether oxygens (including phenoxy) is 1. The van der Waals surface area contributed by atoms with E-state index in [0.29, 0.717) is 6.61 Å². The number of aromatic nitrogens is 2. The molecule has 1 atom stereocenters. The molecule has 0 radical (unpaired) electrons. The predicted octanol–water partition coefficient (Wildman–Crippen LogP) is 2.46. The first-order valence-corrected chi connectivity index (χ1v) is 6.58. The molecule has 0 aliphatic carbocycles. The van der Waals surface area contributed by atoms with E-state index in [2.05, 4.69) is 11.9 Å². The van der Waals surface area contributed by atoms with Gasteiger partial charge in [0.05, 0.1) is 18.5 Å². The average Bonchev–Trinajstić information content (AvgIpc) is 2.80. The van der Waals surface area contributed by atoms with E-state index in [0.717, 1.165) is 29.3 Å². The molecule has 1 unspecified atom stereocenters. The zero-order valence-electron chi connectivity index (χ0n) is 11.6. The maximum atomic E-state index is 10.4. The van der Waals surface area contributed by atoms with Gasteiger partial charge in [-0.2, -0.15) is 0 Å². The Bertz CT molecular complexity index is 532. The fourth-order valence-corrected chi connectivity index (χ4v) is 2.13. The second-order valence-corrected chi connectivity index (χ2v) is 4.42. The number of nitrogens with zero attached hydrogens (tertiary/aromatic N) is 2. The van der Waals surface area contributed by atoms with E-state index in [4.69, 9.17) is 4.74 Å². The number of benzene rings is 1. The number of rotatable bonds is 5. The largest absolute Gasteiger partial charge is 0.494 e. The van der Waals surface area contributed by atoms with Crippen molar-refractivity contribution in [3.05, 3.63) is 47.5 Å². The van der Waals surface area contributed by atoms with Gasteiger partial charge in [0.15, 0.2) is 0 Å². The van der Waals surface area contributed by atoms with Crippen molar-refractivity contribution in [2.24, 2.45) is 7.05 Å². The van der Waals surface area contributed by atoms with Crippen LogP contribution in [0.4, 0.5) is 0 Å². The molecule has 0 amide bonds. The van der Waals surface area contributed by atoms with Crippen LogP contribution < -0.4 is 4.74 Å². The zero-order valence-corrected chi connectivity index (χ0v) is 11.6. The summed E-state index contributed by atoms with van der Waals surface area (Å²) in [4.78, 5) is 4.31. The fraction of sp³-hybridized carbons (Fsp3) is 0.400. The Balaban J connectivity index is 2.22. The van der Waals surface area contributed by atoms with Gasteiger partial charge in [0.25, 0.3) is 0 Å². The topological polar surface area (TPSA) is 47.3 Å². The van der Waals surface area contributed by atoms with Gasteiger partial charge in [0.1, 0.15) is 17.7 Å². The summed E-state index contributed by atoms with van der Waals surface area (Å²) < 4.78 is 7.34. The Hall–Kier alpha value is -1.81. The van der Waals surface area contributed by atoms with Crippen LogP contribution in [0.25, 0.3) is 0 Å². The van der Waals surface area contributed by atoms with Crippen molar-refractivity contribution >= 4 is 0 Å². The number of hydrogen-bond donors (Lipinski definition) is 1. The van der Waals surface area contributed by atoms with Crippen LogP contribution in [0.2, 0.25) is 0 Å². The van der Waals surface area contributed by atoms with Crippen LogP contribution in [0.15, 0.2) is 30.5 Å². The summed E-state index contributed by atoms with van der Waals surface area (Å²) in [6, 6.07) is 7.51. The van der Waals surface area contributed by atoms with Crippen LogP contribution in [-0.2, 0) is 13.5 Å². The molecule has 4 nitrogen and oxygen atoms in total. The molecule has 0 saturated carbocycles. The molecule has 1 aromatic heterocycles. The highest BCUT2D eigenvalue weighted by Crippen LogP contribution is 2.24. The lowest BCUT2D eigenvalue weighted by Crippen LogP contribution is -2.07. The second kappa shape index (κ2) is 5.89. The molecular formula is C15H20N2O2. The Morgan fingerprint density at radius 1 is 1.26 bits per heavy atom. The third kappa shape index (κ3) is 2.79. The summed E-state index contributed by atoms with van der Waals surface area (Å²) in [7, 11) is 1.93. The number of hydrogen-bond acceptors (Lipinski definition) is 3. The lowest BCUT2D eigenvalue weighted by molar-refractivity contribution is 0.211. The van der Waals surface area contributed by atoms with Crippen molar-refractivity contribution in [1.82, 2.24) is 9.55 Å². The van der Waals surface area contributed by atoms with Gasteiger partial charge in [0, 0.05) is 13.5 Å². The molecule has 2 rings (SSSR count). The van der Waals surface area contributed by atoms with E-state index in [1.54, 1.807) is 6.20 Å². The minimum atomic E-state index is -0.659. The van der Waals surface area contributed by atoms with Crippen LogP contribution in [-0.4, -0.2) is 21.3 Å². The number of imidazole rings is 1. The Morgan fingerprint density at radius 2 is 1.95 bits per heavy atom. The van der Waals surface area contributed by atoms with Crippen LogP contribution in [0.1, 0.15) is 37.0 Å². The Morgan fingerprint density at radius 3 is 2.47 bits per heavy atom. The molecule has 19 heavy (non-hydrogen) atoms. The van der Waals surface area contributed by atoms with Gasteiger partial charge >= 0.3 is 0 Å². The Kier molecular flexibility index (Phi) is 4.22. The summed E-state index contributed by atoms with van der Waals surface area (Å²) in [6.45, 7) is 4.64. The smallest absolute Gasteiger partial charge is 0.121 e. The minimum absolute atomic E-state index is 0.642. The highest BCUT2D eigenvalue weighted by Gasteiger charge is 2.16. The average molecular weight is 260 g/mol. The van der Waals surface area contributed by atoms with Crippen LogP contribution in [0.3, 0.4) is 0 Å². The lowest BCUT2D eigenvalue weighted by atomic mass is 10.1. The second-order valence-electron chi connectivity index (χ2n) is 4.42. The van der Waals surface area contributed by atoms with Gasteiger partial charge in [-0.05, 0) is 24.6 Å². The Labute approximate surface area is 113 Å². The van der Waals surface area contributed by atoms with E-state index in [1.807, 2.05) is 42.8 Å². The highest BCUT2D eigenvalue weighted by atomic mass is 16.5. The standard InChI is InChI=1S/C15H20N2O2/c1-4-14-16-10-13(17(14)3)15(18)11-6-8-12(9-7-11)19-5-2/h6-10,15,18H,4-5H2,1-3H3. The molecule has 1 aromatic carbocycles.